The van der Waals surface area contributed by atoms with Crippen LogP contribution in [0.15, 0.2) is 205 Å². The van der Waals surface area contributed by atoms with Gasteiger partial charge in [-0.25, -0.2) is 33.7 Å². The van der Waals surface area contributed by atoms with Crippen LogP contribution < -0.4 is 0 Å². The van der Waals surface area contributed by atoms with Gasteiger partial charge in [-0.15, -0.1) is 56.7 Å². The number of carbonyl (C=O) groups excluding carboxylic acids is 5. The molecule has 10 aromatic rings. The Labute approximate surface area is 786 Å². The molecule has 5 aromatic carbocycles. The molecule has 1 saturated carbocycles. The second-order valence-electron chi connectivity index (χ2n) is 42.6. The van der Waals surface area contributed by atoms with Crippen molar-refractivity contribution in [1.82, 2.24) is 24.9 Å². The van der Waals surface area contributed by atoms with E-state index in [2.05, 4.69) is 187 Å². The zero-order valence-electron chi connectivity index (χ0n) is 78.1. The zero-order valence-corrected chi connectivity index (χ0v) is 82.9. The van der Waals surface area contributed by atoms with Gasteiger partial charge in [-0.2, -0.15) is 0 Å². The van der Waals surface area contributed by atoms with Gasteiger partial charge in [0.1, 0.15) is 11.6 Å². The number of benzene rings is 5. The number of rotatable bonds is 12. The summed E-state index contributed by atoms with van der Waals surface area (Å²) in [5.41, 5.74) is 32.3. The van der Waals surface area contributed by atoms with Crippen molar-refractivity contribution >= 4 is 97.2 Å². The van der Waals surface area contributed by atoms with Crippen molar-refractivity contribution < 1.29 is 32.8 Å². The van der Waals surface area contributed by atoms with Crippen molar-refractivity contribution in [3.63, 3.8) is 0 Å². The molecule has 0 saturated heterocycles. The van der Waals surface area contributed by atoms with Gasteiger partial charge in [0, 0.05) is 127 Å². The highest BCUT2D eigenvalue weighted by atomic mass is 35.5. The number of ketones is 5. The largest absolute Gasteiger partial charge is 0.294 e. The Morgan fingerprint density at radius 2 is 0.651 bits per heavy atom. The molecule has 0 spiro atoms. The molecular weight excluding hydrogens is 1720 g/mol. The fourth-order valence-corrected chi connectivity index (χ4v) is 30.8. The Morgan fingerprint density at radius 3 is 0.984 bits per heavy atom. The molecule has 11 aliphatic carbocycles. The van der Waals surface area contributed by atoms with Crippen molar-refractivity contribution in [2.24, 2.45) is 27.1 Å². The molecule has 0 amide bonds. The van der Waals surface area contributed by atoms with Crippen LogP contribution in [0.5, 0.6) is 0 Å². The molecule has 11 aliphatic rings. The van der Waals surface area contributed by atoms with Gasteiger partial charge >= 0.3 is 0 Å². The lowest BCUT2D eigenvalue weighted by Crippen LogP contribution is -2.42. The fraction of sp³-hybridized carbons (Fsp3) is 0.459. The van der Waals surface area contributed by atoms with E-state index in [-0.39, 0.29) is 66.9 Å². The van der Waals surface area contributed by atoms with E-state index in [4.69, 9.17) is 21.6 Å². The minimum absolute atomic E-state index is 0.00822. The predicted molar refractivity (Wildman–Crippen MR) is 523 cm³/mol. The smallest absolute Gasteiger partial charge is 0.160 e. The summed E-state index contributed by atoms with van der Waals surface area (Å²) in [5.74, 6) is 2.11. The summed E-state index contributed by atoms with van der Waals surface area (Å²) in [6, 6.07) is 39.6. The van der Waals surface area contributed by atoms with Gasteiger partial charge in [0.15, 0.2) is 28.9 Å². The summed E-state index contributed by atoms with van der Waals surface area (Å²) in [7, 11) is 0. The Hall–Kier alpha value is -8.55. The van der Waals surface area contributed by atoms with Gasteiger partial charge in [-0.1, -0.05) is 254 Å². The van der Waals surface area contributed by atoms with E-state index < -0.39 is 16.2 Å². The molecule has 129 heavy (non-hydrogen) atoms. The van der Waals surface area contributed by atoms with Gasteiger partial charge in [0.2, 0.25) is 0 Å². The van der Waals surface area contributed by atoms with Gasteiger partial charge in [-0.3, -0.25) is 24.0 Å². The summed E-state index contributed by atoms with van der Waals surface area (Å²) in [4.78, 5) is 96.0. The average Bonchev–Trinajstić information content (AvgIpc) is 1.73. The van der Waals surface area contributed by atoms with Gasteiger partial charge in [0.05, 0.1) is 83.1 Å². The lowest BCUT2D eigenvalue weighted by atomic mass is 9.58. The van der Waals surface area contributed by atoms with Crippen molar-refractivity contribution in [2.75, 3.05) is 0 Å². The monoisotopic (exact) mass is 1840 g/mol. The summed E-state index contributed by atoms with van der Waals surface area (Å²) in [5, 5.41) is 0.732. The number of Topliss-reactive ketones (excluding diaryl/α,β-unsaturated/α-hetero) is 5. The van der Waals surface area contributed by atoms with E-state index in [9.17, 15) is 32.8 Å². The number of allylic oxidation sites excluding steroid dienone is 10. The molecule has 18 heteroatoms. The first-order valence-electron chi connectivity index (χ1n) is 46.8. The lowest BCUT2D eigenvalue weighted by molar-refractivity contribution is -0.119. The molecular formula is C111H122ClF2N5O5S5. The number of nitrogens with zero attached hydrogens (tertiary/aromatic N) is 5. The average molecular weight is 1840 g/mol. The Morgan fingerprint density at radius 1 is 0.349 bits per heavy atom. The number of aromatic nitrogens is 5. The third-order valence-electron chi connectivity index (χ3n) is 30.1. The summed E-state index contributed by atoms with van der Waals surface area (Å²) in [6.07, 6.45) is 18.4. The molecule has 0 radical (unpaired) electrons. The molecule has 5 atom stereocenters. The Balaban J connectivity index is 0.000000113. The first-order chi connectivity index (χ1) is 61.4. The highest BCUT2D eigenvalue weighted by Crippen LogP contribution is 2.63. The number of halogens is 3. The third kappa shape index (κ3) is 16.1. The first kappa shape index (κ1) is 92.3. The predicted octanol–water partition coefficient (Wildman–Crippen LogP) is 28.3. The van der Waals surface area contributed by atoms with E-state index in [1.807, 2.05) is 70.0 Å². The van der Waals surface area contributed by atoms with E-state index in [0.29, 0.717) is 61.6 Å². The van der Waals surface area contributed by atoms with E-state index in [1.165, 1.54) is 102 Å². The van der Waals surface area contributed by atoms with Gasteiger partial charge < -0.3 is 0 Å². The number of hydrogen-bond donors (Lipinski definition) is 0. The number of thiazole rings is 5. The van der Waals surface area contributed by atoms with Crippen molar-refractivity contribution in [3.8, 4) is 0 Å². The van der Waals surface area contributed by atoms with Crippen LogP contribution in [-0.2, 0) is 83.2 Å². The molecule has 0 N–H and O–H groups in total. The lowest BCUT2D eigenvalue weighted by Gasteiger charge is -2.45. The highest BCUT2D eigenvalue weighted by Gasteiger charge is 2.57. The van der Waals surface area contributed by atoms with E-state index in [1.54, 1.807) is 62.8 Å². The molecule has 10 nitrogen and oxygen atoms in total. The molecule has 0 aliphatic heterocycles. The Kier molecular flexibility index (Phi) is 24.9. The van der Waals surface area contributed by atoms with Gasteiger partial charge in [0.25, 0.3) is 0 Å². The maximum absolute atomic E-state index is 14.9. The van der Waals surface area contributed by atoms with Crippen LogP contribution in [0.2, 0.25) is 5.02 Å². The van der Waals surface area contributed by atoms with Crippen LogP contribution in [0, 0.1) is 38.7 Å². The minimum Gasteiger partial charge on any atom is -0.294 e. The second-order valence-corrected chi connectivity index (χ2v) is 47.2. The SMILES string of the molecule is CCC1(c2ccc(F)cc2)C2=C(Cc3ncsc31)CC(C)(C)CC2=O.CCC1(c2cccc(C(C)C)c2)C2=C(Cc3ncsc31)CC(C)(C)CC2=O.CCC1(c2cccc(C3CC3)c2)C2=C(Cc3ncsc31)CC(C)(C)CC2=O.CCC1(c2ccccc2Cl)C2=C(Cc3ncsc31)CC(C)(C)CC2=O.CCC1(c2ccccc2F)C2=C(Cc3ncsc31)CC(C)(C)CC2=O. The second kappa shape index (κ2) is 34.8. The third-order valence-corrected chi connectivity index (χ3v) is 35.6. The molecule has 5 aromatic heterocycles. The van der Waals surface area contributed by atoms with Gasteiger partial charge in [-0.05, 0) is 174 Å². The van der Waals surface area contributed by atoms with E-state index in [0.717, 1.165) is 172 Å². The van der Waals surface area contributed by atoms with Crippen LogP contribution in [0.4, 0.5) is 8.78 Å². The Bertz CT molecular complexity index is 6020. The van der Waals surface area contributed by atoms with Crippen LogP contribution in [0.25, 0.3) is 0 Å². The maximum Gasteiger partial charge on any atom is 0.160 e. The van der Waals surface area contributed by atoms with Crippen LogP contribution in [0.3, 0.4) is 0 Å². The number of hydrogen-bond acceptors (Lipinski definition) is 15. The van der Waals surface area contributed by atoms with Crippen molar-refractivity contribution in [2.45, 2.75) is 298 Å². The molecule has 5 unspecified atom stereocenters. The minimum atomic E-state index is -0.691. The van der Waals surface area contributed by atoms with Crippen LogP contribution in [-0.4, -0.2) is 53.8 Å². The number of fused-ring (bicyclic) bond motifs is 5. The molecule has 1 fully saturated rings. The first-order valence-corrected chi connectivity index (χ1v) is 51.5. The molecule has 0 bridgehead atoms. The number of carbonyl (C=O) groups is 5. The summed E-state index contributed by atoms with van der Waals surface area (Å²) < 4.78 is 28.4. The molecule has 21 rings (SSSR count). The normalized spacial score (nSPS) is 25.1. The molecule has 672 valence electrons. The topological polar surface area (TPSA) is 150 Å². The fourth-order valence-electron chi connectivity index (χ4n) is 25.0. The maximum atomic E-state index is 14.9. The zero-order chi connectivity index (χ0) is 91.7. The molecule has 5 heterocycles. The van der Waals surface area contributed by atoms with E-state index >= 15 is 0 Å². The van der Waals surface area contributed by atoms with Crippen molar-refractivity contribution in [3.05, 3.63) is 313 Å². The highest BCUT2D eigenvalue weighted by molar-refractivity contribution is 7.11. The van der Waals surface area contributed by atoms with Crippen molar-refractivity contribution in [1.29, 1.82) is 0 Å². The summed E-state index contributed by atoms with van der Waals surface area (Å²) in [6.45, 7) is 37.2. The quantitative estimate of drug-likeness (QED) is 0.116. The standard InChI is InChI=1S/C24H27NOS.C24H29NOS.C21H22ClNOS.2C21H22FNOS/c1-4-24(18-7-5-6-16(10-18)15-8-9-15)21-17(11-19-22(24)27-14-25-19)12-23(2,3)13-20(21)26;1-6-24(18-9-7-8-16(10-18)15(2)3)21-17(11-19-22(24)27-14-25-19)12-23(4,5)13-20(21)26;1-4-21(14-7-5-6-8-15(14)22)18-13(9-16-19(21)25-12-23-16)10-20(2,3)11-17(18)24;1-4-21(14-5-7-15(22)8-6-14)18-13(9-16-19(21)25-12-23-16)10-20(2,3)11-17(18)24;1-4-21(14-7-5-6-8-15(14)22)18-13(9-16-19(21)25-12-23-16)10-20(2,3)11-17(18)24/h5-7,10,14-15H,4,8-9,11-13H2,1-3H3;7-10,14-15H,6,11-13H2,1-5H3;3*5-8,12H,4,9-11H2,1-3H3. The van der Waals surface area contributed by atoms with Crippen LogP contribution in [0.1, 0.15) is 330 Å². The summed E-state index contributed by atoms with van der Waals surface area (Å²) >= 11 is 15.0. The van der Waals surface area contributed by atoms with Crippen LogP contribution >= 0.6 is 68.3 Å².